The minimum absolute atomic E-state index is 0.366. The van der Waals surface area contributed by atoms with E-state index >= 15 is 0 Å². The SMILES string of the molecule is O=C(O)CC(CC(=O)Oc1ncncn1)(OCl)C(=O)O. The summed E-state index contributed by atoms with van der Waals surface area (Å²) in [7, 11) is 0. The van der Waals surface area contributed by atoms with Crippen molar-refractivity contribution in [2.75, 3.05) is 0 Å². The average molecular weight is 306 g/mol. The highest BCUT2D eigenvalue weighted by atomic mass is 35.5. The van der Waals surface area contributed by atoms with Crippen LogP contribution in [0.15, 0.2) is 12.7 Å². The van der Waals surface area contributed by atoms with Crippen LogP contribution in [0.25, 0.3) is 0 Å². The number of carboxylic acids is 2. The Balaban J connectivity index is 2.82. The fourth-order valence-corrected chi connectivity index (χ4v) is 1.37. The Morgan fingerprint density at radius 1 is 1.20 bits per heavy atom. The van der Waals surface area contributed by atoms with Crippen molar-refractivity contribution in [2.45, 2.75) is 18.4 Å². The second-order valence-corrected chi connectivity index (χ2v) is 3.67. The largest absolute Gasteiger partial charge is 0.481 e. The minimum Gasteiger partial charge on any atom is -0.481 e. The first-order valence-corrected chi connectivity index (χ1v) is 5.28. The molecule has 2 N–H and O–H groups in total. The lowest BCUT2D eigenvalue weighted by Gasteiger charge is -2.22. The van der Waals surface area contributed by atoms with E-state index in [2.05, 4.69) is 24.0 Å². The molecule has 0 saturated heterocycles. The van der Waals surface area contributed by atoms with Crippen LogP contribution in [-0.4, -0.2) is 48.7 Å². The highest BCUT2D eigenvalue weighted by Crippen LogP contribution is 2.24. The lowest BCUT2D eigenvalue weighted by atomic mass is 9.96. The summed E-state index contributed by atoms with van der Waals surface area (Å²) < 4.78 is 8.76. The second-order valence-electron chi connectivity index (χ2n) is 3.52. The number of esters is 1. The molecule has 10 nitrogen and oxygen atoms in total. The van der Waals surface area contributed by atoms with Gasteiger partial charge >= 0.3 is 23.9 Å². The van der Waals surface area contributed by atoms with E-state index in [-0.39, 0.29) is 6.01 Å². The summed E-state index contributed by atoms with van der Waals surface area (Å²) in [6.45, 7) is 0. The second kappa shape index (κ2) is 6.73. The van der Waals surface area contributed by atoms with Crippen LogP contribution in [0.2, 0.25) is 0 Å². The maximum Gasteiger partial charge on any atom is 0.339 e. The molecule has 1 rings (SSSR count). The minimum atomic E-state index is -2.45. The first-order chi connectivity index (χ1) is 9.39. The zero-order valence-corrected chi connectivity index (χ0v) is 10.5. The molecule has 1 unspecified atom stereocenters. The Hall–Kier alpha value is -2.33. The van der Waals surface area contributed by atoms with E-state index in [9.17, 15) is 14.4 Å². The van der Waals surface area contributed by atoms with Crippen LogP contribution in [0.4, 0.5) is 0 Å². The fraction of sp³-hybridized carbons (Fsp3) is 0.333. The van der Waals surface area contributed by atoms with E-state index in [1.165, 1.54) is 0 Å². The number of hydrogen-bond donors (Lipinski definition) is 2. The molecule has 0 amide bonds. The van der Waals surface area contributed by atoms with E-state index in [1.54, 1.807) is 0 Å². The quantitative estimate of drug-likeness (QED) is 0.639. The molecule has 108 valence electrons. The monoisotopic (exact) mass is 305 g/mol. The van der Waals surface area contributed by atoms with Gasteiger partial charge in [-0.25, -0.2) is 9.78 Å². The van der Waals surface area contributed by atoms with Crippen LogP contribution in [-0.2, 0) is 18.7 Å². The number of rotatable bonds is 7. The first-order valence-electron chi connectivity index (χ1n) is 4.97. The predicted molar refractivity (Wildman–Crippen MR) is 59.6 cm³/mol. The van der Waals surface area contributed by atoms with Gasteiger partial charge in [0, 0.05) is 0 Å². The number of aliphatic carboxylic acids is 2. The highest BCUT2D eigenvalue weighted by molar-refractivity contribution is 6.09. The van der Waals surface area contributed by atoms with Crippen molar-refractivity contribution in [3.8, 4) is 6.01 Å². The van der Waals surface area contributed by atoms with Gasteiger partial charge in [-0.1, -0.05) is 0 Å². The molecule has 1 atom stereocenters. The Labute approximate surface area is 116 Å². The van der Waals surface area contributed by atoms with E-state index < -0.39 is 36.4 Å². The molecule has 0 aliphatic rings. The van der Waals surface area contributed by atoms with Gasteiger partial charge in [-0.15, -0.1) is 0 Å². The van der Waals surface area contributed by atoms with Gasteiger partial charge in [0.25, 0.3) is 0 Å². The predicted octanol–water partition coefficient (Wildman–Crippen LogP) is -0.364. The number of carbonyl (C=O) groups excluding carboxylic acids is 1. The van der Waals surface area contributed by atoms with Gasteiger partial charge in [0.05, 0.1) is 24.7 Å². The topological polar surface area (TPSA) is 149 Å². The maximum atomic E-state index is 11.6. The van der Waals surface area contributed by atoms with Crippen LogP contribution in [0.1, 0.15) is 12.8 Å². The number of hydrogen-bond acceptors (Lipinski definition) is 8. The number of aromatic nitrogens is 3. The molecule has 0 aliphatic heterocycles. The normalized spacial score (nSPS) is 13.2. The Morgan fingerprint density at radius 2 is 1.80 bits per heavy atom. The number of nitrogens with zero attached hydrogens (tertiary/aromatic N) is 3. The third kappa shape index (κ3) is 4.10. The van der Waals surface area contributed by atoms with Gasteiger partial charge in [-0.05, 0) is 0 Å². The molecule has 11 heteroatoms. The molecule has 0 spiro atoms. The molecule has 0 aliphatic carbocycles. The van der Waals surface area contributed by atoms with Gasteiger partial charge in [-0.3, -0.25) is 13.9 Å². The van der Waals surface area contributed by atoms with E-state index in [4.69, 9.17) is 22.1 Å². The third-order valence-corrected chi connectivity index (χ3v) is 2.37. The van der Waals surface area contributed by atoms with Crippen molar-refractivity contribution >= 4 is 29.8 Å². The van der Waals surface area contributed by atoms with Crippen LogP contribution in [0, 0.1) is 0 Å². The number of carbonyl (C=O) groups is 3. The molecule has 0 fully saturated rings. The molecule has 1 aromatic rings. The molecular weight excluding hydrogens is 298 g/mol. The molecule has 0 aromatic carbocycles. The molecule has 1 heterocycles. The summed E-state index contributed by atoms with van der Waals surface area (Å²) >= 11 is 5.02. The van der Waals surface area contributed by atoms with Gasteiger partial charge in [0.2, 0.25) is 5.60 Å². The van der Waals surface area contributed by atoms with E-state index in [0.717, 1.165) is 12.7 Å². The summed E-state index contributed by atoms with van der Waals surface area (Å²) in [5, 5.41) is 17.6. The van der Waals surface area contributed by atoms with Crippen molar-refractivity contribution in [1.29, 1.82) is 0 Å². The number of halogens is 1. The summed E-state index contributed by atoms with van der Waals surface area (Å²) in [5.41, 5.74) is -2.45. The Bertz CT molecular complexity index is 512. The molecular formula is C9H8ClN3O7. The molecule has 0 bridgehead atoms. The van der Waals surface area contributed by atoms with Crippen molar-refractivity contribution in [3.63, 3.8) is 0 Å². The molecule has 0 radical (unpaired) electrons. The van der Waals surface area contributed by atoms with E-state index in [0.29, 0.717) is 0 Å². The maximum absolute atomic E-state index is 11.6. The molecule has 0 saturated carbocycles. The van der Waals surface area contributed by atoms with Crippen molar-refractivity contribution in [2.24, 2.45) is 0 Å². The fourth-order valence-electron chi connectivity index (χ4n) is 1.20. The summed E-state index contributed by atoms with van der Waals surface area (Å²) in [6.07, 6.45) is 0.132. The third-order valence-electron chi connectivity index (χ3n) is 2.08. The first kappa shape index (κ1) is 15.7. The zero-order valence-electron chi connectivity index (χ0n) is 9.72. The number of ether oxygens (including phenoxy) is 1. The summed E-state index contributed by atoms with van der Waals surface area (Å²) in [4.78, 5) is 43.7. The Morgan fingerprint density at radius 3 is 2.25 bits per heavy atom. The standard InChI is InChI=1S/C9H8ClN3O7/c10-20-9(7(17)18,1-5(14)15)2-6(16)19-8-12-3-11-4-13-8/h3-4H,1-2H2,(H,14,15)(H,17,18). The van der Waals surface area contributed by atoms with Crippen LogP contribution < -0.4 is 4.74 Å². The lowest BCUT2D eigenvalue weighted by molar-refractivity contribution is -0.166. The number of carboxylic acid groups (broad SMARTS) is 2. The summed E-state index contributed by atoms with van der Waals surface area (Å²) in [6, 6.07) is -0.366. The summed E-state index contributed by atoms with van der Waals surface area (Å²) in [5.74, 6) is -4.36. The average Bonchev–Trinajstić information content (AvgIpc) is 2.38. The smallest absolute Gasteiger partial charge is 0.339 e. The van der Waals surface area contributed by atoms with Gasteiger partial charge < -0.3 is 14.9 Å². The van der Waals surface area contributed by atoms with Crippen LogP contribution in [0.3, 0.4) is 0 Å². The van der Waals surface area contributed by atoms with Crippen molar-refractivity contribution in [1.82, 2.24) is 15.0 Å². The van der Waals surface area contributed by atoms with Crippen molar-refractivity contribution < 1.29 is 33.6 Å². The lowest BCUT2D eigenvalue weighted by Crippen LogP contribution is -2.44. The Kier molecular flexibility index (Phi) is 5.29. The van der Waals surface area contributed by atoms with Crippen molar-refractivity contribution in [3.05, 3.63) is 12.7 Å². The van der Waals surface area contributed by atoms with Gasteiger partial charge in [0.15, 0.2) is 0 Å². The molecule has 1 aromatic heterocycles. The van der Waals surface area contributed by atoms with Gasteiger partial charge in [0.1, 0.15) is 12.7 Å². The zero-order chi connectivity index (χ0) is 15.2. The van der Waals surface area contributed by atoms with E-state index in [1.807, 2.05) is 0 Å². The van der Waals surface area contributed by atoms with Crippen LogP contribution in [0.5, 0.6) is 6.01 Å². The molecule has 20 heavy (non-hydrogen) atoms. The van der Waals surface area contributed by atoms with Gasteiger partial charge in [-0.2, -0.15) is 9.97 Å². The van der Waals surface area contributed by atoms with Crippen LogP contribution >= 0.6 is 11.9 Å². The highest BCUT2D eigenvalue weighted by Gasteiger charge is 2.45.